The summed E-state index contributed by atoms with van der Waals surface area (Å²) < 4.78 is 25.2. The summed E-state index contributed by atoms with van der Waals surface area (Å²) in [6, 6.07) is 9.46. The number of rotatable bonds is 6. The van der Waals surface area contributed by atoms with Crippen molar-refractivity contribution in [1.82, 2.24) is 19.9 Å². The maximum absolute atomic E-state index is 13.3. The Labute approximate surface area is 156 Å². The van der Waals surface area contributed by atoms with E-state index in [1.54, 1.807) is 28.8 Å². The van der Waals surface area contributed by atoms with E-state index in [4.69, 9.17) is 9.47 Å². The van der Waals surface area contributed by atoms with Crippen molar-refractivity contribution >= 4 is 11.7 Å². The highest BCUT2D eigenvalue weighted by molar-refractivity contribution is 5.69. The van der Waals surface area contributed by atoms with Gasteiger partial charge in [0.1, 0.15) is 5.82 Å². The van der Waals surface area contributed by atoms with E-state index in [-0.39, 0.29) is 18.3 Å². The first kappa shape index (κ1) is 18.6. The summed E-state index contributed by atoms with van der Waals surface area (Å²) in [6.45, 7) is 4.39. The first-order valence-corrected chi connectivity index (χ1v) is 8.57. The van der Waals surface area contributed by atoms with Crippen LogP contribution in [0.5, 0.6) is 5.88 Å². The molecule has 3 aromatic rings. The second-order valence-corrected chi connectivity index (χ2v) is 6.41. The monoisotopic (exact) mass is 372 g/mol. The van der Waals surface area contributed by atoms with Gasteiger partial charge in [0, 0.05) is 11.6 Å². The van der Waals surface area contributed by atoms with Gasteiger partial charge >= 0.3 is 6.09 Å². The molecule has 0 bridgehead atoms. The normalized spacial score (nSPS) is 11.0. The van der Waals surface area contributed by atoms with Crippen LogP contribution in [0.3, 0.4) is 0 Å². The van der Waals surface area contributed by atoms with Gasteiger partial charge in [-0.2, -0.15) is 0 Å². The third-order valence-electron chi connectivity index (χ3n) is 3.82. The molecule has 27 heavy (non-hydrogen) atoms. The number of ether oxygens (including phenoxy) is 2. The highest BCUT2D eigenvalue weighted by Crippen LogP contribution is 2.25. The molecular weight excluding hydrogens is 351 g/mol. The number of aromatic nitrogens is 3. The van der Waals surface area contributed by atoms with Crippen LogP contribution in [0.25, 0.3) is 16.9 Å². The van der Waals surface area contributed by atoms with Gasteiger partial charge in [-0.05, 0) is 36.2 Å². The van der Waals surface area contributed by atoms with Gasteiger partial charge in [-0.3, -0.25) is 0 Å². The fourth-order valence-corrected chi connectivity index (χ4v) is 2.52. The number of hydrogen-bond donors (Lipinski definition) is 1. The second-order valence-electron chi connectivity index (χ2n) is 6.41. The van der Waals surface area contributed by atoms with Crippen LogP contribution in [0.2, 0.25) is 0 Å². The molecule has 3 rings (SSSR count). The van der Waals surface area contributed by atoms with E-state index < -0.39 is 6.09 Å². The van der Waals surface area contributed by atoms with E-state index in [1.807, 2.05) is 13.8 Å². The molecule has 0 aliphatic heterocycles. The van der Waals surface area contributed by atoms with Crippen molar-refractivity contribution in [1.29, 1.82) is 0 Å². The molecule has 2 heterocycles. The largest absolute Gasteiger partial charge is 0.480 e. The Morgan fingerprint density at radius 3 is 2.63 bits per heavy atom. The molecule has 0 aliphatic carbocycles. The van der Waals surface area contributed by atoms with E-state index in [1.165, 1.54) is 19.2 Å². The number of alkyl carbamates (subject to hydrolysis) is 1. The van der Waals surface area contributed by atoms with Gasteiger partial charge in [0.15, 0.2) is 5.65 Å². The number of carbonyl (C=O) groups is 1. The lowest BCUT2D eigenvalue weighted by Gasteiger charge is -2.10. The smallest absolute Gasteiger partial charge is 0.407 e. The van der Waals surface area contributed by atoms with Gasteiger partial charge in [-0.1, -0.05) is 13.8 Å². The molecule has 7 nitrogen and oxygen atoms in total. The number of amides is 1. The topological polar surface area (TPSA) is 77.8 Å². The maximum atomic E-state index is 13.3. The van der Waals surface area contributed by atoms with Crippen molar-refractivity contribution in [2.24, 2.45) is 5.92 Å². The Bertz CT molecular complexity index is 938. The first-order valence-electron chi connectivity index (χ1n) is 8.57. The van der Waals surface area contributed by atoms with Crippen LogP contribution in [0.15, 0.2) is 36.4 Å². The fourth-order valence-electron chi connectivity index (χ4n) is 2.52. The van der Waals surface area contributed by atoms with Crippen LogP contribution in [-0.4, -0.2) is 34.4 Å². The second kappa shape index (κ2) is 8.03. The molecule has 142 valence electrons. The molecule has 0 atom stereocenters. The average molecular weight is 372 g/mol. The van der Waals surface area contributed by atoms with Crippen molar-refractivity contribution in [3.8, 4) is 17.1 Å². The van der Waals surface area contributed by atoms with Crippen LogP contribution in [0.1, 0.15) is 19.5 Å². The predicted octanol–water partition coefficient (Wildman–Crippen LogP) is 3.43. The zero-order valence-corrected chi connectivity index (χ0v) is 15.4. The molecular formula is C19H21FN4O3. The minimum absolute atomic E-state index is 0.144. The van der Waals surface area contributed by atoms with Gasteiger partial charge in [0.05, 0.1) is 31.6 Å². The van der Waals surface area contributed by atoms with Crippen molar-refractivity contribution in [3.05, 3.63) is 47.9 Å². The van der Waals surface area contributed by atoms with Crippen LogP contribution in [0.4, 0.5) is 9.18 Å². The third kappa shape index (κ3) is 4.33. The van der Waals surface area contributed by atoms with Gasteiger partial charge in [0.25, 0.3) is 0 Å². The average Bonchev–Trinajstić information content (AvgIpc) is 3.02. The number of nitrogens with zero attached hydrogens (tertiary/aromatic N) is 3. The molecule has 0 saturated carbocycles. The number of fused-ring (bicyclic) bond motifs is 1. The van der Waals surface area contributed by atoms with E-state index in [9.17, 15) is 9.18 Å². The van der Waals surface area contributed by atoms with E-state index >= 15 is 0 Å². The van der Waals surface area contributed by atoms with Crippen molar-refractivity contribution in [2.75, 3.05) is 13.7 Å². The molecule has 0 fully saturated rings. The zero-order chi connectivity index (χ0) is 19.4. The number of halogens is 1. The standard InChI is InChI=1S/C19H21FN4O3/c1-12(2)11-27-19(25)21-10-15-18(13-4-6-14(20)7-5-13)22-16-8-9-17(26-3)23-24(15)16/h4-9,12H,10-11H2,1-3H3,(H,21,25). The molecule has 1 aromatic carbocycles. The number of methoxy groups -OCH3 is 1. The molecule has 8 heteroatoms. The number of benzene rings is 1. The van der Waals surface area contributed by atoms with Crippen LogP contribution < -0.4 is 10.1 Å². The lowest BCUT2D eigenvalue weighted by molar-refractivity contribution is 0.132. The quantitative estimate of drug-likeness (QED) is 0.717. The summed E-state index contributed by atoms with van der Waals surface area (Å²) in [5.41, 5.74) is 2.53. The SMILES string of the molecule is COc1ccc2nc(-c3ccc(F)cc3)c(CNC(=O)OCC(C)C)n2n1. The highest BCUT2D eigenvalue weighted by atomic mass is 19.1. The van der Waals surface area contributed by atoms with Crippen LogP contribution >= 0.6 is 0 Å². The molecule has 0 saturated heterocycles. The lowest BCUT2D eigenvalue weighted by Crippen LogP contribution is -2.26. The lowest BCUT2D eigenvalue weighted by atomic mass is 10.1. The molecule has 1 N–H and O–H groups in total. The van der Waals surface area contributed by atoms with Crippen molar-refractivity contribution in [3.63, 3.8) is 0 Å². The summed E-state index contributed by atoms with van der Waals surface area (Å²) in [6.07, 6.45) is -0.522. The third-order valence-corrected chi connectivity index (χ3v) is 3.82. The molecule has 0 spiro atoms. The molecule has 1 amide bonds. The zero-order valence-electron chi connectivity index (χ0n) is 15.4. The Kier molecular flexibility index (Phi) is 5.54. The van der Waals surface area contributed by atoms with E-state index in [0.29, 0.717) is 35.1 Å². The molecule has 0 radical (unpaired) electrons. The Morgan fingerprint density at radius 2 is 1.96 bits per heavy atom. The van der Waals surface area contributed by atoms with Gasteiger partial charge in [-0.15, -0.1) is 5.10 Å². The van der Waals surface area contributed by atoms with E-state index in [2.05, 4.69) is 15.4 Å². The van der Waals surface area contributed by atoms with Crippen LogP contribution in [-0.2, 0) is 11.3 Å². The maximum Gasteiger partial charge on any atom is 0.407 e. The van der Waals surface area contributed by atoms with Crippen LogP contribution in [0, 0.1) is 11.7 Å². The van der Waals surface area contributed by atoms with Crippen molar-refractivity contribution < 1.29 is 18.7 Å². The van der Waals surface area contributed by atoms with Gasteiger partial charge in [0.2, 0.25) is 5.88 Å². The van der Waals surface area contributed by atoms with Gasteiger partial charge in [-0.25, -0.2) is 18.7 Å². The molecule has 0 unspecified atom stereocenters. The predicted molar refractivity (Wildman–Crippen MR) is 98.0 cm³/mol. The van der Waals surface area contributed by atoms with Crippen molar-refractivity contribution in [2.45, 2.75) is 20.4 Å². The Morgan fingerprint density at radius 1 is 1.22 bits per heavy atom. The van der Waals surface area contributed by atoms with E-state index in [0.717, 1.165) is 0 Å². The minimum atomic E-state index is -0.522. The number of imidazole rings is 1. The summed E-state index contributed by atoms with van der Waals surface area (Å²) >= 11 is 0. The highest BCUT2D eigenvalue weighted by Gasteiger charge is 2.17. The summed E-state index contributed by atoms with van der Waals surface area (Å²) in [5, 5.41) is 7.09. The Hall–Kier alpha value is -3.16. The number of carbonyl (C=O) groups excluding carboxylic acids is 1. The molecule has 0 aliphatic rings. The summed E-state index contributed by atoms with van der Waals surface area (Å²) in [7, 11) is 1.52. The van der Waals surface area contributed by atoms with Gasteiger partial charge < -0.3 is 14.8 Å². The Balaban J connectivity index is 1.95. The minimum Gasteiger partial charge on any atom is -0.480 e. The number of nitrogens with one attached hydrogen (secondary N) is 1. The summed E-state index contributed by atoms with van der Waals surface area (Å²) in [5.74, 6) is 0.320. The fraction of sp³-hybridized carbons (Fsp3) is 0.316. The molecule has 2 aromatic heterocycles. The number of hydrogen-bond acceptors (Lipinski definition) is 5. The first-order chi connectivity index (χ1) is 13.0. The summed E-state index contributed by atoms with van der Waals surface area (Å²) in [4.78, 5) is 16.5.